The molecule has 0 saturated carbocycles. The van der Waals surface area contributed by atoms with Gasteiger partial charge in [-0.05, 0) is 54.8 Å². The van der Waals surface area contributed by atoms with E-state index >= 15 is 0 Å². The third kappa shape index (κ3) is 4.37. The van der Waals surface area contributed by atoms with Gasteiger partial charge in [0.05, 0.1) is 18.4 Å². The van der Waals surface area contributed by atoms with Crippen molar-refractivity contribution in [1.29, 1.82) is 0 Å². The summed E-state index contributed by atoms with van der Waals surface area (Å²) < 4.78 is 32.0. The molecule has 0 saturated heterocycles. The van der Waals surface area contributed by atoms with Crippen molar-refractivity contribution in [3.05, 3.63) is 76.0 Å². The van der Waals surface area contributed by atoms with Crippen molar-refractivity contribution in [1.82, 2.24) is 0 Å². The number of aryl methyl sites for hydroxylation is 1. The van der Waals surface area contributed by atoms with Crippen LogP contribution in [0.3, 0.4) is 0 Å². The molecule has 1 heterocycles. The fourth-order valence-electron chi connectivity index (χ4n) is 2.70. The Bertz CT molecular complexity index is 1170. The molecule has 30 heavy (non-hydrogen) atoms. The zero-order valence-corrected chi connectivity index (χ0v) is 18.2. The average Bonchev–Trinajstić information content (AvgIpc) is 3.25. The van der Waals surface area contributed by atoms with E-state index in [1.54, 1.807) is 29.6 Å². The monoisotopic (exact) mass is 444 g/mol. The second-order valence-electron chi connectivity index (χ2n) is 6.45. The van der Waals surface area contributed by atoms with Crippen LogP contribution in [0.1, 0.15) is 25.6 Å². The number of hydrogen-bond acceptors (Lipinski definition) is 6. The molecule has 7 nitrogen and oxygen atoms in total. The number of thiophene rings is 1. The number of hydrogen-bond donors (Lipinski definition) is 1. The van der Waals surface area contributed by atoms with Crippen LogP contribution in [0.15, 0.2) is 64.9 Å². The Morgan fingerprint density at radius 2 is 1.63 bits per heavy atom. The summed E-state index contributed by atoms with van der Waals surface area (Å²) in [6.45, 7) is 1.91. The average molecular weight is 445 g/mol. The van der Waals surface area contributed by atoms with Crippen LogP contribution >= 0.6 is 11.3 Å². The topological polar surface area (TPSA) is 92.8 Å². The van der Waals surface area contributed by atoms with Crippen LogP contribution in [0.5, 0.6) is 0 Å². The first-order valence-corrected chi connectivity index (χ1v) is 11.2. The lowest BCUT2D eigenvalue weighted by Gasteiger charge is -2.19. The Kier molecular flexibility index (Phi) is 6.23. The Morgan fingerprint density at radius 1 is 1.00 bits per heavy atom. The number of rotatable bonds is 6. The zero-order chi connectivity index (χ0) is 21.9. The number of sulfonamides is 1. The predicted octanol–water partition coefficient (Wildman–Crippen LogP) is 3.92. The number of nitrogens with zero attached hydrogens (tertiary/aromatic N) is 1. The highest BCUT2D eigenvalue weighted by molar-refractivity contribution is 7.93. The van der Waals surface area contributed by atoms with Gasteiger partial charge in [-0.25, -0.2) is 13.2 Å². The van der Waals surface area contributed by atoms with E-state index in [2.05, 4.69) is 10.1 Å². The SMILES string of the molecule is COC(=O)c1ccc(NC(=O)c2sccc2S(=O)(=O)N(C)c2ccc(C)cc2)cc1. The number of carbonyl (C=O) groups excluding carboxylic acids is 2. The first-order chi connectivity index (χ1) is 14.2. The molecule has 0 aliphatic rings. The van der Waals surface area contributed by atoms with E-state index in [0.717, 1.165) is 21.2 Å². The van der Waals surface area contributed by atoms with Gasteiger partial charge in [-0.1, -0.05) is 17.7 Å². The van der Waals surface area contributed by atoms with Crippen LogP contribution in [0.25, 0.3) is 0 Å². The smallest absolute Gasteiger partial charge is 0.337 e. The highest BCUT2D eigenvalue weighted by Crippen LogP contribution is 2.29. The number of esters is 1. The van der Waals surface area contributed by atoms with Crippen molar-refractivity contribution in [2.24, 2.45) is 0 Å². The molecule has 156 valence electrons. The minimum Gasteiger partial charge on any atom is -0.465 e. The molecule has 0 spiro atoms. The minimum absolute atomic E-state index is 0.0701. The van der Waals surface area contributed by atoms with Crippen molar-refractivity contribution >= 4 is 44.6 Å². The van der Waals surface area contributed by atoms with Crippen LogP contribution < -0.4 is 9.62 Å². The van der Waals surface area contributed by atoms with E-state index in [9.17, 15) is 18.0 Å². The van der Waals surface area contributed by atoms with Gasteiger partial charge in [0.1, 0.15) is 9.77 Å². The van der Waals surface area contributed by atoms with E-state index < -0.39 is 21.9 Å². The highest BCUT2D eigenvalue weighted by Gasteiger charge is 2.28. The lowest BCUT2D eigenvalue weighted by atomic mass is 10.2. The largest absolute Gasteiger partial charge is 0.465 e. The molecule has 1 amide bonds. The van der Waals surface area contributed by atoms with Crippen LogP contribution in [0, 0.1) is 6.92 Å². The van der Waals surface area contributed by atoms with Crippen molar-refractivity contribution < 1.29 is 22.7 Å². The van der Waals surface area contributed by atoms with Gasteiger partial charge in [0.2, 0.25) is 0 Å². The number of amides is 1. The van der Waals surface area contributed by atoms with E-state index in [0.29, 0.717) is 16.9 Å². The molecule has 0 radical (unpaired) electrons. The number of carbonyl (C=O) groups is 2. The van der Waals surface area contributed by atoms with E-state index in [-0.39, 0.29) is 9.77 Å². The van der Waals surface area contributed by atoms with Gasteiger partial charge in [-0.2, -0.15) is 0 Å². The first kappa shape index (κ1) is 21.5. The second kappa shape index (κ2) is 8.68. The summed E-state index contributed by atoms with van der Waals surface area (Å²) in [6.07, 6.45) is 0. The summed E-state index contributed by atoms with van der Waals surface area (Å²) in [5, 5.41) is 4.22. The summed E-state index contributed by atoms with van der Waals surface area (Å²) in [6, 6.07) is 14.6. The van der Waals surface area contributed by atoms with E-state index in [1.165, 1.54) is 32.4 Å². The molecule has 0 fully saturated rings. The molecular formula is C21H20N2O5S2. The minimum atomic E-state index is -3.93. The molecular weight excluding hydrogens is 424 g/mol. The number of nitrogens with one attached hydrogen (secondary N) is 1. The normalized spacial score (nSPS) is 11.0. The van der Waals surface area contributed by atoms with Crippen molar-refractivity contribution in [2.45, 2.75) is 11.8 Å². The molecule has 0 aliphatic carbocycles. The third-order valence-corrected chi connectivity index (χ3v) is 7.31. The molecule has 2 aromatic carbocycles. The summed E-state index contributed by atoms with van der Waals surface area (Å²) in [5.74, 6) is -1.04. The van der Waals surface area contributed by atoms with Gasteiger partial charge >= 0.3 is 5.97 Å². The summed E-state index contributed by atoms with van der Waals surface area (Å²) in [7, 11) is -1.20. The first-order valence-electron chi connectivity index (χ1n) is 8.87. The van der Waals surface area contributed by atoms with Gasteiger partial charge in [-0.15, -0.1) is 11.3 Å². The molecule has 9 heteroatoms. The molecule has 3 aromatic rings. The molecule has 0 unspecified atom stereocenters. The van der Waals surface area contributed by atoms with Crippen molar-refractivity contribution in [3.8, 4) is 0 Å². The Balaban J connectivity index is 1.84. The maximum atomic E-state index is 13.1. The fourth-order valence-corrected chi connectivity index (χ4v) is 5.19. The number of anilines is 2. The maximum Gasteiger partial charge on any atom is 0.337 e. The molecule has 1 aromatic heterocycles. The Labute approximate surface area is 179 Å². The Hall–Kier alpha value is -3.17. The fraction of sp³-hybridized carbons (Fsp3) is 0.143. The van der Waals surface area contributed by atoms with Crippen molar-refractivity contribution in [2.75, 3.05) is 23.8 Å². The molecule has 0 aliphatic heterocycles. The summed E-state index contributed by atoms with van der Waals surface area (Å²) in [4.78, 5) is 24.3. The summed E-state index contributed by atoms with van der Waals surface area (Å²) in [5.41, 5.74) is 2.28. The number of benzene rings is 2. The van der Waals surface area contributed by atoms with E-state index in [4.69, 9.17) is 0 Å². The highest BCUT2D eigenvalue weighted by atomic mass is 32.2. The van der Waals surface area contributed by atoms with Crippen LogP contribution in [-0.2, 0) is 14.8 Å². The maximum absolute atomic E-state index is 13.1. The lowest BCUT2D eigenvalue weighted by Crippen LogP contribution is -2.28. The summed E-state index contributed by atoms with van der Waals surface area (Å²) >= 11 is 1.04. The van der Waals surface area contributed by atoms with Crippen LogP contribution in [0.2, 0.25) is 0 Å². The van der Waals surface area contributed by atoms with Gasteiger partial charge in [-0.3, -0.25) is 9.10 Å². The second-order valence-corrected chi connectivity index (χ2v) is 9.30. The van der Waals surface area contributed by atoms with E-state index in [1.807, 2.05) is 19.1 Å². The molecule has 0 bridgehead atoms. The van der Waals surface area contributed by atoms with Gasteiger partial charge in [0, 0.05) is 12.7 Å². The number of methoxy groups -OCH3 is 1. The molecule has 0 atom stereocenters. The van der Waals surface area contributed by atoms with Gasteiger partial charge in [0.25, 0.3) is 15.9 Å². The van der Waals surface area contributed by atoms with Crippen LogP contribution in [0.4, 0.5) is 11.4 Å². The molecule has 1 N–H and O–H groups in total. The molecule has 3 rings (SSSR count). The van der Waals surface area contributed by atoms with Gasteiger partial charge < -0.3 is 10.1 Å². The predicted molar refractivity (Wildman–Crippen MR) is 117 cm³/mol. The Morgan fingerprint density at radius 3 is 2.23 bits per heavy atom. The zero-order valence-electron chi connectivity index (χ0n) is 16.6. The standard InChI is InChI=1S/C21H20N2O5S2/c1-14-4-10-17(11-5-14)23(2)30(26,27)18-12-13-29-19(18)20(24)22-16-8-6-15(7-9-16)21(25)28-3/h4-13H,1-3H3,(H,22,24). The van der Waals surface area contributed by atoms with Crippen molar-refractivity contribution in [3.63, 3.8) is 0 Å². The number of ether oxygens (including phenoxy) is 1. The van der Waals surface area contributed by atoms with Gasteiger partial charge in [0.15, 0.2) is 0 Å². The van der Waals surface area contributed by atoms with Crippen LogP contribution in [-0.4, -0.2) is 34.5 Å². The quantitative estimate of drug-likeness (QED) is 0.582. The third-order valence-electron chi connectivity index (χ3n) is 4.44. The lowest BCUT2D eigenvalue weighted by molar-refractivity contribution is 0.0600.